The summed E-state index contributed by atoms with van der Waals surface area (Å²) in [4.78, 5) is 15.3. The number of nitrogens with zero attached hydrogens (tertiary/aromatic N) is 1. The van der Waals surface area contributed by atoms with E-state index in [1.807, 2.05) is 25.1 Å². The van der Waals surface area contributed by atoms with Crippen molar-refractivity contribution in [3.8, 4) is 11.5 Å². The summed E-state index contributed by atoms with van der Waals surface area (Å²) in [6.45, 7) is 3.27. The van der Waals surface area contributed by atoms with E-state index in [9.17, 15) is 9.18 Å². The van der Waals surface area contributed by atoms with Crippen LogP contribution in [0.3, 0.4) is 0 Å². The maximum absolute atomic E-state index is 13.9. The van der Waals surface area contributed by atoms with E-state index in [-0.39, 0.29) is 23.8 Å². The summed E-state index contributed by atoms with van der Waals surface area (Å²) in [6, 6.07) is 17.2. The lowest BCUT2D eigenvalue weighted by Gasteiger charge is -2.41. The number of hydrogen-bond donors (Lipinski definition) is 1. The molecule has 4 rings (SSSR count). The van der Waals surface area contributed by atoms with Gasteiger partial charge in [-0.1, -0.05) is 35.9 Å². The zero-order valence-electron chi connectivity index (χ0n) is 19.5. The highest BCUT2D eigenvalue weighted by Crippen LogP contribution is 2.40. The monoisotopic (exact) mass is 482 g/mol. The predicted molar refractivity (Wildman–Crippen MR) is 131 cm³/mol. The fraction of sp³-hybridized carbons (Fsp3) is 0.296. The molecule has 0 saturated heterocycles. The number of methoxy groups -OCH3 is 2. The maximum atomic E-state index is 13.9. The topological polar surface area (TPSA) is 50.8 Å². The summed E-state index contributed by atoms with van der Waals surface area (Å²) in [6.07, 6.45) is 0.798. The van der Waals surface area contributed by atoms with Crippen LogP contribution < -0.4 is 14.8 Å². The van der Waals surface area contributed by atoms with E-state index < -0.39 is 0 Å². The van der Waals surface area contributed by atoms with Crippen LogP contribution in [0.1, 0.15) is 40.0 Å². The molecule has 2 atom stereocenters. The molecule has 7 heteroatoms. The number of amides is 1. The number of halogens is 2. The Bertz CT molecular complexity index is 1190. The number of nitrogens with one attached hydrogen (secondary N) is 1. The second-order valence-corrected chi connectivity index (χ2v) is 8.85. The summed E-state index contributed by atoms with van der Waals surface area (Å²) in [5.74, 6) is 0.796. The van der Waals surface area contributed by atoms with Gasteiger partial charge < -0.3 is 14.8 Å². The molecular formula is C27H28ClFN2O3. The number of hydrogen-bond acceptors (Lipinski definition) is 4. The van der Waals surface area contributed by atoms with Gasteiger partial charge in [-0.25, -0.2) is 4.39 Å². The molecule has 178 valence electrons. The molecule has 0 fully saturated rings. The minimum absolute atomic E-state index is 0.168. The Labute approximate surface area is 204 Å². The summed E-state index contributed by atoms with van der Waals surface area (Å²) >= 11 is 6.26. The van der Waals surface area contributed by atoms with E-state index in [2.05, 4.69) is 10.2 Å². The Kier molecular flexibility index (Phi) is 7.39. The van der Waals surface area contributed by atoms with Crippen LogP contribution >= 0.6 is 11.6 Å². The molecule has 0 aromatic heterocycles. The van der Waals surface area contributed by atoms with Gasteiger partial charge in [0, 0.05) is 19.1 Å². The molecule has 2 unspecified atom stereocenters. The first-order chi connectivity index (χ1) is 16.4. The van der Waals surface area contributed by atoms with Gasteiger partial charge in [-0.3, -0.25) is 9.69 Å². The highest BCUT2D eigenvalue weighted by molar-refractivity contribution is 6.33. The molecule has 1 amide bonds. The third kappa shape index (κ3) is 5.03. The second-order valence-electron chi connectivity index (χ2n) is 8.44. The Balaban J connectivity index is 1.70. The maximum Gasteiger partial charge on any atom is 0.253 e. The smallest absolute Gasteiger partial charge is 0.253 e. The zero-order valence-corrected chi connectivity index (χ0v) is 20.2. The standard InChI is InChI=1S/C27H28ClFN2O3/c1-17(30-27(32)21-9-4-5-10-23(21)28)26-22-15-25(34-3)24(33-2)14-19(22)11-12-31(26)16-18-7-6-8-20(29)13-18/h4-10,13-15,17,26H,11-12,16H2,1-3H3,(H,30,32). The Morgan fingerprint density at radius 3 is 2.56 bits per heavy atom. The van der Waals surface area contributed by atoms with Crippen LogP contribution in [0.5, 0.6) is 11.5 Å². The Morgan fingerprint density at radius 1 is 1.12 bits per heavy atom. The average Bonchev–Trinajstić information content (AvgIpc) is 2.83. The van der Waals surface area contributed by atoms with Crippen molar-refractivity contribution < 1.29 is 18.7 Å². The zero-order chi connectivity index (χ0) is 24.2. The number of carbonyl (C=O) groups excluding carboxylic acids is 1. The minimum atomic E-state index is -0.269. The number of rotatable bonds is 7. The molecule has 0 spiro atoms. The van der Waals surface area contributed by atoms with Gasteiger partial charge in [-0.2, -0.15) is 0 Å². The van der Waals surface area contributed by atoms with Gasteiger partial charge in [0.2, 0.25) is 0 Å². The first-order valence-corrected chi connectivity index (χ1v) is 11.6. The molecule has 1 heterocycles. The molecule has 0 aliphatic carbocycles. The van der Waals surface area contributed by atoms with Gasteiger partial charge >= 0.3 is 0 Å². The number of benzene rings is 3. The van der Waals surface area contributed by atoms with Crippen molar-refractivity contribution >= 4 is 17.5 Å². The predicted octanol–water partition coefficient (Wildman–Crippen LogP) is 5.41. The van der Waals surface area contributed by atoms with Crippen LogP contribution in [0, 0.1) is 5.82 Å². The van der Waals surface area contributed by atoms with Crippen LogP contribution in [0.4, 0.5) is 4.39 Å². The second kappa shape index (κ2) is 10.5. The van der Waals surface area contributed by atoms with E-state index in [1.165, 1.54) is 6.07 Å². The quantitative estimate of drug-likeness (QED) is 0.489. The molecular weight excluding hydrogens is 455 g/mol. The average molecular weight is 483 g/mol. The molecule has 0 radical (unpaired) electrons. The summed E-state index contributed by atoms with van der Waals surface area (Å²) in [5, 5.41) is 3.53. The number of ether oxygens (including phenoxy) is 2. The van der Waals surface area contributed by atoms with Crippen molar-refractivity contribution in [2.75, 3.05) is 20.8 Å². The first kappa shape index (κ1) is 24.0. The third-order valence-electron chi connectivity index (χ3n) is 6.25. The fourth-order valence-corrected chi connectivity index (χ4v) is 4.89. The van der Waals surface area contributed by atoms with Crippen LogP contribution in [-0.4, -0.2) is 37.6 Å². The van der Waals surface area contributed by atoms with E-state index in [0.29, 0.717) is 28.6 Å². The van der Waals surface area contributed by atoms with Crippen molar-refractivity contribution in [1.29, 1.82) is 0 Å². The van der Waals surface area contributed by atoms with E-state index in [0.717, 1.165) is 29.7 Å². The van der Waals surface area contributed by atoms with Crippen molar-refractivity contribution in [2.24, 2.45) is 0 Å². The van der Waals surface area contributed by atoms with Crippen molar-refractivity contribution in [3.05, 3.63) is 93.8 Å². The van der Waals surface area contributed by atoms with Crippen LogP contribution in [-0.2, 0) is 13.0 Å². The lowest BCUT2D eigenvalue weighted by molar-refractivity contribution is 0.0877. The van der Waals surface area contributed by atoms with Gasteiger partial charge in [0.15, 0.2) is 11.5 Å². The highest BCUT2D eigenvalue weighted by atomic mass is 35.5. The molecule has 3 aromatic rings. The summed E-state index contributed by atoms with van der Waals surface area (Å²) < 4.78 is 24.9. The summed E-state index contributed by atoms with van der Waals surface area (Å²) in [5.41, 5.74) is 3.49. The van der Waals surface area contributed by atoms with E-state index in [4.69, 9.17) is 21.1 Å². The molecule has 1 aliphatic rings. The number of carbonyl (C=O) groups is 1. The fourth-order valence-electron chi connectivity index (χ4n) is 4.67. The molecule has 0 bridgehead atoms. The molecule has 1 aliphatic heterocycles. The van der Waals surface area contributed by atoms with Gasteiger partial charge in [0.05, 0.1) is 30.8 Å². The van der Waals surface area contributed by atoms with Gasteiger partial charge in [0.1, 0.15) is 5.82 Å². The van der Waals surface area contributed by atoms with Crippen LogP contribution in [0.25, 0.3) is 0 Å². The van der Waals surface area contributed by atoms with Crippen LogP contribution in [0.2, 0.25) is 5.02 Å². The Hall–Kier alpha value is -3.09. The number of fused-ring (bicyclic) bond motifs is 1. The first-order valence-electron chi connectivity index (χ1n) is 11.2. The lowest BCUT2D eigenvalue weighted by Crippen LogP contribution is -2.47. The van der Waals surface area contributed by atoms with Crippen molar-refractivity contribution in [1.82, 2.24) is 10.2 Å². The summed E-state index contributed by atoms with van der Waals surface area (Å²) in [7, 11) is 3.22. The van der Waals surface area contributed by atoms with Crippen molar-refractivity contribution in [2.45, 2.75) is 32.0 Å². The highest BCUT2D eigenvalue weighted by Gasteiger charge is 2.34. The Morgan fingerprint density at radius 2 is 1.85 bits per heavy atom. The van der Waals surface area contributed by atoms with Gasteiger partial charge in [-0.05, 0) is 66.4 Å². The third-order valence-corrected chi connectivity index (χ3v) is 6.58. The van der Waals surface area contributed by atoms with Crippen LogP contribution in [0.15, 0.2) is 60.7 Å². The SMILES string of the molecule is COc1cc2c(cc1OC)C(C(C)NC(=O)c1ccccc1Cl)N(Cc1cccc(F)c1)CC2. The molecule has 3 aromatic carbocycles. The minimum Gasteiger partial charge on any atom is -0.493 e. The van der Waals surface area contributed by atoms with E-state index >= 15 is 0 Å². The van der Waals surface area contributed by atoms with Gasteiger partial charge in [0.25, 0.3) is 5.91 Å². The van der Waals surface area contributed by atoms with Crippen molar-refractivity contribution in [3.63, 3.8) is 0 Å². The molecule has 34 heavy (non-hydrogen) atoms. The molecule has 5 nitrogen and oxygen atoms in total. The largest absolute Gasteiger partial charge is 0.493 e. The molecule has 1 N–H and O–H groups in total. The normalized spacial score (nSPS) is 16.4. The molecule has 0 saturated carbocycles. The van der Waals surface area contributed by atoms with E-state index in [1.54, 1.807) is 50.6 Å². The van der Waals surface area contributed by atoms with Gasteiger partial charge in [-0.15, -0.1) is 0 Å². The lowest BCUT2D eigenvalue weighted by atomic mass is 9.87.